The van der Waals surface area contributed by atoms with Crippen molar-refractivity contribution in [2.75, 3.05) is 0 Å². The molecule has 2 rings (SSSR count). The molecule has 2 aromatic rings. The van der Waals surface area contributed by atoms with Gasteiger partial charge in [-0.15, -0.1) is 6.42 Å². The molecular formula is C12H7FO. The van der Waals surface area contributed by atoms with Gasteiger partial charge in [-0.2, -0.15) is 0 Å². The van der Waals surface area contributed by atoms with Gasteiger partial charge in [-0.1, -0.05) is 5.92 Å². The summed E-state index contributed by atoms with van der Waals surface area (Å²) in [6.07, 6.45) is 6.65. The zero-order valence-electron chi connectivity index (χ0n) is 7.33. The Morgan fingerprint density at radius 2 is 2.14 bits per heavy atom. The van der Waals surface area contributed by atoms with E-state index in [1.165, 1.54) is 6.07 Å². The molecule has 0 amide bonds. The second-order valence-corrected chi connectivity index (χ2v) is 2.82. The van der Waals surface area contributed by atoms with Crippen molar-refractivity contribution in [3.63, 3.8) is 0 Å². The molecule has 0 saturated heterocycles. The van der Waals surface area contributed by atoms with Crippen LogP contribution in [0, 0.1) is 18.2 Å². The van der Waals surface area contributed by atoms with E-state index in [-0.39, 0.29) is 5.56 Å². The Kier molecular flexibility index (Phi) is 2.08. The number of benzene rings is 1. The van der Waals surface area contributed by atoms with Gasteiger partial charge in [-0.05, 0) is 30.3 Å². The lowest BCUT2D eigenvalue weighted by atomic mass is 10.1. The van der Waals surface area contributed by atoms with Crippen LogP contribution in [0.15, 0.2) is 41.0 Å². The lowest BCUT2D eigenvalue weighted by Gasteiger charge is -1.98. The molecule has 1 aromatic heterocycles. The quantitative estimate of drug-likeness (QED) is 0.624. The van der Waals surface area contributed by atoms with Crippen molar-refractivity contribution in [1.29, 1.82) is 0 Å². The first kappa shape index (κ1) is 8.58. The van der Waals surface area contributed by atoms with Crippen LogP contribution < -0.4 is 0 Å². The van der Waals surface area contributed by atoms with Crippen molar-refractivity contribution in [3.8, 4) is 23.7 Å². The van der Waals surface area contributed by atoms with E-state index in [4.69, 9.17) is 10.8 Å². The van der Waals surface area contributed by atoms with E-state index in [0.29, 0.717) is 11.3 Å². The Morgan fingerprint density at radius 3 is 2.71 bits per heavy atom. The number of hydrogen-bond acceptors (Lipinski definition) is 1. The van der Waals surface area contributed by atoms with Gasteiger partial charge in [0.1, 0.15) is 11.6 Å². The molecule has 0 aliphatic rings. The fourth-order valence-electron chi connectivity index (χ4n) is 1.23. The Morgan fingerprint density at radius 1 is 1.29 bits per heavy atom. The van der Waals surface area contributed by atoms with Crippen LogP contribution in [0.4, 0.5) is 4.39 Å². The molecule has 0 saturated carbocycles. The summed E-state index contributed by atoms with van der Waals surface area (Å²) in [4.78, 5) is 0. The summed E-state index contributed by atoms with van der Waals surface area (Å²) in [6.45, 7) is 0. The molecule has 0 bridgehead atoms. The maximum Gasteiger partial charge on any atom is 0.139 e. The molecule has 0 atom stereocenters. The van der Waals surface area contributed by atoms with Crippen molar-refractivity contribution in [3.05, 3.63) is 48.0 Å². The summed E-state index contributed by atoms with van der Waals surface area (Å²) in [5.74, 6) is 2.49. The third-order valence-electron chi connectivity index (χ3n) is 1.93. The Bertz CT molecular complexity index is 478. The topological polar surface area (TPSA) is 13.1 Å². The predicted octanol–water partition coefficient (Wildman–Crippen LogP) is 3.07. The molecule has 68 valence electrons. The van der Waals surface area contributed by atoms with Crippen molar-refractivity contribution in [1.82, 2.24) is 0 Å². The second-order valence-electron chi connectivity index (χ2n) is 2.82. The molecule has 0 N–H and O–H groups in total. The number of furan rings is 1. The number of halogens is 1. The highest BCUT2D eigenvalue weighted by molar-refractivity contribution is 5.58. The normalized spacial score (nSPS) is 9.71. The minimum atomic E-state index is -0.401. The monoisotopic (exact) mass is 186 g/mol. The molecule has 2 heteroatoms. The summed E-state index contributed by atoms with van der Waals surface area (Å²) in [6, 6.07) is 8.19. The molecule has 0 aliphatic carbocycles. The second kappa shape index (κ2) is 3.39. The fourth-order valence-corrected chi connectivity index (χ4v) is 1.23. The maximum absolute atomic E-state index is 13.3. The van der Waals surface area contributed by atoms with E-state index >= 15 is 0 Å². The average molecular weight is 186 g/mol. The summed E-state index contributed by atoms with van der Waals surface area (Å²) in [5, 5.41) is 0. The summed E-state index contributed by atoms with van der Waals surface area (Å²) in [7, 11) is 0. The van der Waals surface area contributed by atoms with Gasteiger partial charge in [0.05, 0.1) is 11.8 Å². The zero-order valence-corrected chi connectivity index (χ0v) is 7.33. The van der Waals surface area contributed by atoms with Crippen LogP contribution in [-0.2, 0) is 0 Å². The van der Waals surface area contributed by atoms with Crippen molar-refractivity contribution in [2.24, 2.45) is 0 Å². The largest absolute Gasteiger partial charge is 0.464 e. The Hall–Kier alpha value is -2.01. The third-order valence-corrected chi connectivity index (χ3v) is 1.93. The van der Waals surface area contributed by atoms with Crippen LogP contribution in [0.3, 0.4) is 0 Å². The fraction of sp³-hybridized carbons (Fsp3) is 0. The van der Waals surface area contributed by atoms with Crippen LogP contribution in [0.2, 0.25) is 0 Å². The van der Waals surface area contributed by atoms with Crippen LogP contribution in [-0.4, -0.2) is 0 Å². The molecule has 0 fully saturated rings. The standard InChI is InChI=1S/C12H7FO/c1-2-9-5-6-10(8-11(9)13)12-4-3-7-14-12/h1,3-8H. The van der Waals surface area contributed by atoms with Gasteiger partial charge in [0.2, 0.25) is 0 Å². The lowest BCUT2D eigenvalue weighted by Crippen LogP contribution is -1.84. The van der Waals surface area contributed by atoms with Gasteiger partial charge >= 0.3 is 0 Å². The van der Waals surface area contributed by atoms with Gasteiger partial charge in [-0.3, -0.25) is 0 Å². The molecule has 1 aromatic carbocycles. The highest BCUT2D eigenvalue weighted by atomic mass is 19.1. The number of rotatable bonds is 1. The molecule has 1 nitrogen and oxygen atoms in total. The van der Waals surface area contributed by atoms with Gasteiger partial charge in [-0.25, -0.2) is 4.39 Å². The molecule has 14 heavy (non-hydrogen) atoms. The van der Waals surface area contributed by atoms with Crippen LogP contribution in [0.1, 0.15) is 5.56 Å². The van der Waals surface area contributed by atoms with E-state index in [2.05, 4.69) is 5.92 Å². The van der Waals surface area contributed by atoms with E-state index in [1.807, 2.05) is 0 Å². The van der Waals surface area contributed by atoms with Gasteiger partial charge < -0.3 is 4.42 Å². The van der Waals surface area contributed by atoms with Crippen molar-refractivity contribution in [2.45, 2.75) is 0 Å². The highest BCUT2D eigenvalue weighted by Crippen LogP contribution is 2.21. The molecule has 0 spiro atoms. The molecule has 0 unspecified atom stereocenters. The van der Waals surface area contributed by atoms with E-state index < -0.39 is 5.82 Å². The maximum atomic E-state index is 13.3. The van der Waals surface area contributed by atoms with Crippen LogP contribution in [0.5, 0.6) is 0 Å². The molecule has 0 aliphatic heterocycles. The van der Waals surface area contributed by atoms with Gasteiger partial charge in [0.15, 0.2) is 0 Å². The minimum absolute atomic E-state index is 0.264. The smallest absolute Gasteiger partial charge is 0.139 e. The molecule has 1 heterocycles. The summed E-state index contributed by atoms with van der Waals surface area (Å²) < 4.78 is 18.4. The molecule has 0 radical (unpaired) electrons. The van der Waals surface area contributed by atoms with Crippen LogP contribution in [0.25, 0.3) is 11.3 Å². The Labute approximate surface area is 81.2 Å². The first-order chi connectivity index (χ1) is 6.81. The van der Waals surface area contributed by atoms with E-state index in [9.17, 15) is 4.39 Å². The first-order valence-corrected chi connectivity index (χ1v) is 4.11. The molecular weight excluding hydrogens is 179 g/mol. The van der Waals surface area contributed by atoms with Crippen LogP contribution >= 0.6 is 0 Å². The van der Waals surface area contributed by atoms with Crippen molar-refractivity contribution >= 4 is 0 Å². The highest BCUT2D eigenvalue weighted by Gasteiger charge is 2.04. The van der Waals surface area contributed by atoms with Gasteiger partial charge in [0.25, 0.3) is 0 Å². The third kappa shape index (κ3) is 1.40. The first-order valence-electron chi connectivity index (χ1n) is 4.11. The van der Waals surface area contributed by atoms with Crippen molar-refractivity contribution < 1.29 is 8.81 Å². The van der Waals surface area contributed by atoms with Gasteiger partial charge in [0, 0.05) is 5.56 Å². The summed E-state index contributed by atoms with van der Waals surface area (Å²) >= 11 is 0. The minimum Gasteiger partial charge on any atom is -0.464 e. The number of hydrogen-bond donors (Lipinski definition) is 0. The predicted molar refractivity (Wildman–Crippen MR) is 52.0 cm³/mol. The zero-order chi connectivity index (χ0) is 9.97. The van der Waals surface area contributed by atoms with E-state index in [1.54, 1.807) is 30.5 Å². The summed E-state index contributed by atoms with van der Waals surface area (Å²) in [5.41, 5.74) is 0.951. The lowest BCUT2D eigenvalue weighted by molar-refractivity contribution is 0.580. The average Bonchev–Trinajstić information content (AvgIpc) is 2.70. The number of terminal acetylenes is 1. The van der Waals surface area contributed by atoms with E-state index in [0.717, 1.165) is 0 Å². The SMILES string of the molecule is C#Cc1ccc(-c2ccco2)cc1F. The Balaban J connectivity index is 2.49.